The Morgan fingerprint density at radius 3 is 2.75 bits per heavy atom. The number of rotatable bonds is 3. The van der Waals surface area contributed by atoms with E-state index in [1.165, 1.54) is 6.92 Å². The summed E-state index contributed by atoms with van der Waals surface area (Å²) in [7, 11) is 0. The van der Waals surface area contributed by atoms with E-state index >= 15 is 0 Å². The van der Waals surface area contributed by atoms with Gasteiger partial charge in [0.1, 0.15) is 0 Å². The van der Waals surface area contributed by atoms with Gasteiger partial charge in [0.2, 0.25) is 11.4 Å². The molecular formula is C10H16N2O4. The summed E-state index contributed by atoms with van der Waals surface area (Å²) >= 11 is 0. The highest BCUT2D eigenvalue weighted by Gasteiger charge is 2.49. The van der Waals surface area contributed by atoms with E-state index in [1.54, 1.807) is 6.92 Å². The van der Waals surface area contributed by atoms with Crippen molar-refractivity contribution in [2.75, 3.05) is 13.2 Å². The zero-order valence-corrected chi connectivity index (χ0v) is 9.46. The third kappa shape index (κ3) is 2.32. The van der Waals surface area contributed by atoms with Gasteiger partial charge >= 0.3 is 5.97 Å². The fourth-order valence-corrected chi connectivity index (χ4v) is 1.74. The first kappa shape index (κ1) is 12.5. The maximum absolute atomic E-state index is 11.8. The predicted octanol–water partition coefficient (Wildman–Crippen LogP) is -0.666. The molecule has 0 spiro atoms. The van der Waals surface area contributed by atoms with Crippen molar-refractivity contribution in [2.45, 2.75) is 32.2 Å². The van der Waals surface area contributed by atoms with E-state index < -0.39 is 23.3 Å². The summed E-state index contributed by atoms with van der Waals surface area (Å²) in [6, 6.07) is 0. The van der Waals surface area contributed by atoms with E-state index in [-0.39, 0.29) is 13.0 Å². The standard InChI is InChI=1S/C10H16N2O4/c1-3-16-9(15)10(12-7(2)13)5-4-6-11-8(10)14/h3-6H2,1-2H3,(H,11,14)(H,12,13). The molecule has 1 fully saturated rings. The topological polar surface area (TPSA) is 84.5 Å². The highest BCUT2D eigenvalue weighted by atomic mass is 16.5. The van der Waals surface area contributed by atoms with Crippen LogP contribution in [0.5, 0.6) is 0 Å². The summed E-state index contributed by atoms with van der Waals surface area (Å²) < 4.78 is 4.84. The van der Waals surface area contributed by atoms with Gasteiger partial charge in [0.25, 0.3) is 5.91 Å². The van der Waals surface area contributed by atoms with Crippen LogP contribution < -0.4 is 10.6 Å². The zero-order chi connectivity index (χ0) is 12.2. The molecule has 0 aromatic heterocycles. The Morgan fingerprint density at radius 2 is 2.25 bits per heavy atom. The minimum atomic E-state index is -1.54. The number of hydrogen-bond donors (Lipinski definition) is 2. The molecule has 90 valence electrons. The first-order valence-corrected chi connectivity index (χ1v) is 5.27. The molecule has 0 saturated carbocycles. The molecule has 1 saturated heterocycles. The van der Waals surface area contributed by atoms with Gasteiger partial charge in [0.15, 0.2) is 0 Å². The lowest BCUT2D eigenvalue weighted by atomic mass is 9.89. The van der Waals surface area contributed by atoms with Gasteiger partial charge in [-0.25, -0.2) is 4.79 Å². The fraction of sp³-hybridized carbons (Fsp3) is 0.700. The second kappa shape index (κ2) is 4.96. The molecule has 0 aliphatic carbocycles. The molecule has 0 radical (unpaired) electrons. The first-order valence-electron chi connectivity index (χ1n) is 5.27. The Bertz CT molecular complexity index is 316. The molecule has 2 N–H and O–H groups in total. The van der Waals surface area contributed by atoms with Gasteiger partial charge in [-0.05, 0) is 19.8 Å². The Balaban J connectivity index is 2.94. The van der Waals surface area contributed by atoms with Crippen LogP contribution in [0.25, 0.3) is 0 Å². The fourth-order valence-electron chi connectivity index (χ4n) is 1.74. The molecule has 1 rings (SSSR count). The van der Waals surface area contributed by atoms with Crippen LogP contribution in [0, 0.1) is 0 Å². The maximum Gasteiger partial charge on any atom is 0.341 e. The summed E-state index contributed by atoms with van der Waals surface area (Å²) in [4.78, 5) is 34.6. The number of ether oxygens (including phenoxy) is 1. The van der Waals surface area contributed by atoms with Crippen LogP contribution in [0.1, 0.15) is 26.7 Å². The van der Waals surface area contributed by atoms with Gasteiger partial charge in [0, 0.05) is 13.5 Å². The van der Waals surface area contributed by atoms with E-state index in [2.05, 4.69) is 10.6 Å². The van der Waals surface area contributed by atoms with E-state index in [9.17, 15) is 14.4 Å². The van der Waals surface area contributed by atoms with Crippen LogP contribution in [-0.2, 0) is 19.1 Å². The molecule has 1 unspecified atom stereocenters. The summed E-state index contributed by atoms with van der Waals surface area (Å²) in [5, 5.41) is 4.97. The molecule has 0 aromatic carbocycles. The number of esters is 1. The van der Waals surface area contributed by atoms with Gasteiger partial charge < -0.3 is 15.4 Å². The van der Waals surface area contributed by atoms with E-state index in [0.29, 0.717) is 13.0 Å². The monoisotopic (exact) mass is 228 g/mol. The molecule has 6 nitrogen and oxygen atoms in total. The number of amides is 2. The smallest absolute Gasteiger partial charge is 0.341 e. The van der Waals surface area contributed by atoms with Crippen LogP contribution in [0.15, 0.2) is 0 Å². The molecule has 1 atom stereocenters. The summed E-state index contributed by atoms with van der Waals surface area (Å²) in [6.07, 6.45) is 0.905. The Labute approximate surface area is 93.7 Å². The Morgan fingerprint density at radius 1 is 1.56 bits per heavy atom. The highest BCUT2D eigenvalue weighted by Crippen LogP contribution is 2.19. The number of piperidine rings is 1. The molecule has 0 aromatic rings. The lowest BCUT2D eigenvalue weighted by molar-refractivity contribution is -0.159. The second-order valence-corrected chi connectivity index (χ2v) is 3.67. The van der Waals surface area contributed by atoms with Crippen molar-refractivity contribution in [3.63, 3.8) is 0 Å². The quantitative estimate of drug-likeness (QED) is 0.496. The lowest BCUT2D eigenvalue weighted by Crippen LogP contribution is -2.66. The molecule has 16 heavy (non-hydrogen) atoms. The molecule has 6 heteroatoms. The number of carbonyl (C=O) groups excluding carboxylic acids is 3. The average Bonchev–Trinajstić information content (AvgIpc) is 2.21. The lowest BCUT2D eigenvalue weighted by Gasteiger charge is -2.33. The molecule has 2 amide bonds. The van der Waals surface area contributed by atoms with Crippen molar-refractivity contribution in [3.05, 3.63) is 0 Å². The molecule has 1 aliphatic heterocycles. The number of hydrogen-bond acceptors (Lipinski definition) is 4. The Kier molecular flexibility index (Phi) is 3.87. The first-order chi connectivity index (χ1) is 7.53. The van der Waals surface area contributed by atoms with Gasteiger partial charge in [-0.2, -0.15) is 0 Å². The number of nitrogens with one attached hydrogen (secondary N) is 2. The van der Waals surface area contributed by atoms with Crippen molar-refractivity contribution in [1.82, 2.24) is 10.6 Å². The van der Waals surface area contributed by atoms with Crippen molar-refractivity contribution >= 4 is 17.8 Å². The Hall–Kier alpha value is -1.59. The minimum Gasteiger partial charge on any atom is -0.464 e. The van der Waals surface area contributed by atoms with Crippen LogP contribution in [0.2, 0.25) is 0 Å². The van der Waals surface area contributed by atoms with Crippen LogP contribution in [0.4, 0.5) is 0 Å². The van der Waals surface area contributed by atoms with E-state index in [0.717, 1.165) is 0 Å². The second-order valence-electron chi connectivity index (χ2n) is 3.67. The summed E-state index contributed by atoms with van der Waals surface area (Å²) in [5.41, 5.74) is -1.54. The molecule has 1 heterocycles. The van der Waals surface area contributed by atoms with Gasteiger partial charge in [-0.15, -0.1) is 0 Å². The van der Waals surface area contributed by atoms with Crippen molar-refractivity contribution in [3.8, 4) is 0 Å². The highest BCUT2D eigenvalue weighted by molar-refractivity contribution is 6.10. The van der Waals surface area contributed by atoms with Gasteiger partial charge in [-0.1, -0.05) is 0 Å². The van der Waals surface area contributed by atoms with Crippen molar-refractivity contribution in [1.29, 1.82) is 0 Å². The normalized spacial score (nSPS) is 24.5. The molecule has 1 aliphatic rings. The number of carbonyl (C=O) groups is 3. The summed E-state index contributed by atoms with van der Waals surface area (Å²) in [6.45, 7) is 3.61. The van der Waals surface area contributed by atoms with Gasteiger partial charge in [-0.3, -0.25) is 9.59 Å². The predicted molar refractivity (Wildman–Crippen MR) is 55.4 cm³/mol. The molecule has 0 bridgehead atoms. The minimum absolute atomic E-state index is 0.174. The van der Waals surface area contributed by atoms with Crippen molar-refractivity contribution in [2.24, 2.45) is 0 Å². The van der Waals surface area contributed by atoms with Crippen LogP contribution >= 0.6 is 0 Å². The van der Waals surface area contributed by atoms with Crippen LogP contribution in [-0.4, -0.2) is 36.5 Å². The van der Waals surface area contributed by atoms with E-state index in [1.807, 2.05) is 0 Å². The average molecular weight is 228 g/mol. The van der Waals surface area contributed by atoms with Crippen LogP contribution in [0.3, 0.4) is 0 Å². The van der Waals surface area contributed by atoms with Crippen molar-refractivity contribution < 1.29 is 19.1 Å². The zero-order valence-electron chi connectivity index (χ0n) is 9.46. The third-order valence-corrected chi connectivity index (χ3v) is 2.42. The summed E-state index contributed by atoms with van der Waals surface area (Å²) in [5.74, 6) is -1.61. The van der Waals surface area contributed by atoms with E-state index in [4.69, 9.17) is 4.74 Å². The maximum atomic E-state index is 11.8. The largest absolute Gasteiger partial charge is 0.464 e. The molecular weight excluding hydrogens is 212 g/mol. The van der Waals surface area contributed by atoms with Gasteiger partial charge in [0.05, 0.1) is 6.61 Å². The SMILES string of the molecule is CCOC(=O)C1(NC(C)=O)CCCNC1=O. The third-order valence-electron chi connectivity index (χ3n) is 2.42.